The molecule has 90 valence electrons. The predicted molar refractivity (Wildman–Crippen MR) is 62.4 cm³/mol. The van der Waals surface area contributed by atoms with E-state index in [1.807, 2.05) is 4.90 Å². The quantitative estimate of drug-likeness (QED) is 0.774. The van der Waals surface area contributed by atoms with Gasteiger partial charge in [0.1, 0.15) is 5.82 Å². The standard InChI is InChI=1S/C12H15N3O2/c13-11-10(2-1-5-14-11)12(16)15-6-8-3-4-9(7-15)17-8/h1-2,5,8-9H,3-4,6-7H2,(H2,13,14). The number of likely N-dealkylation sites (tertiary alicyclic amines) is 1. The van der Waals surface area contributed by atoms with Crippen LogP contribution in [0.4, 0.5) is 5.82 Å². The molecule has 2 bridgehead atoms. The van der Waals surface area contributed by atoms with Gasteiger partial charge in [-0.15, -0.1) is 0 Å². The van der Waals surface area contributed by atoms with E-state index in [9.17, 15) is 4.79 Å². The number of fused-ring (bicyclic) bond motifs is 2. The van der Waals surface area contributed by atoms with Gasteiger partial charge in [0.05, 0.1) is 17.8 Å². The number of anilines is 1. The van der Waals surface area contributed by atoms with Gasteiger partial charge < -0.3 is 15.4 Å². The fourth-order valence-electron chi connectivity index (χ4n) is 2.55. The number of amides is 1. The van der Waals surface area contributed by atoms with Gasteiger partial charge in [0.25, 0.3) is 5.91 Å². The van der Waals surface area contributed by atoms with Crippen molar-refractivity contribution in [3.8, 4) is 0 Å². The van der Waals surface area contributed by atoms with Crippen molar-refractivity contribution >= 4 is 11.7 Å². The van der Waals surface area contributed by atoms with Crippen molar-refractivity contribution in [2.75, 3.05) is 18.8 Å². The summed E-state index contributed by atoms with van der Waals surface area (Å²) in [6.45, 7) is 1.34. The van der Waals surface area contributed by atoms with E-state index in [1.165, 1.54) is 0 Å². The maximum absolute atomic E-state index is 12.3. The van der Waals surface area contributed by atoms with Crippen LogP contribution in [-0.2, 0) is 4.74 Å². The number of ether oxygens (including phenoxy) is 1. The van der Waals surface area contributed by atoms with Gasteiger partial charge in [-0.3, -0.25) is 4.79 Å². The normalized spacial score (nSPS) is 27.2. The van der Waals surface area contributed by atoms with Gasteiger partial charge in [-0.1, -0.05) is 0 Å². The Labute approximate surface area is 99.6 Å². The number of nitrogens with two attached hydrogens (primary N) is 1. The highest BCUT2D eigenvalue weighted by Crippen LogP contribution is 2.27. The number of hydrogen-bond donors (Lipinski definition) is 1. The van der Waals surface area contributed by atoms with E-state index in [-0.39, 0.29) is 18.1 Å². The van der Waals surface area contributed by atoms with Crippen LogP contribution in [0.25, 0.3) is 0 Å². The molecule has 0 aromatic carbocycles. The van der Waals surface area contributed by atoms with E-state index in [0.717, 1.165) is 12.8 Å². The molecule has 2 unspecified atom stereocenters. The molecule has 2 saturated heterocycles. The lowest BCUT2D eigenvalue weighted by Crippen LogP contribution is -2.46. The monoisotopic (exact) mass is 233 g/mol. The van der Waals surface area contributed by atoms with Crippen LogP contribution in [0, 0.1) is 0 Å². The lowest BCUT2D eigenvalue weighted by molar-refractivity contribution is -0.0303. The molecule has 0 saturated carbocycles. The van der Waals surface area contributed by atoms with Gasteiger partial charge in [-0.05, 0) is 25.0 Å². The number of pyridine rings is 1. The number of morpholine rings is 1. The maximum atomic E-state index is 12.3. The van der Waals surface area contributed by atoms with Gasteiger partial charge in [-0.25, -0.2) is 4.98 Å². The zero-order chi connectivity index (χ0) is 11.8. The zero-order valence-corrected chi connectivity index (χ0v) is 9.50. The second kappa shape index (κ2) is 4.00. The SMILES string of the molecule is Nc1ncccc1C(=O)N1CC2CCC(C1)O2. The molecule has 2 fully saturated rings. The molecule has 3 rings (SSSR count). The van der Waals surface area contributed by atoms with Crippen molar-refractivity contribution in [1.82, 2.24) is 9.88 Å². The Morgan fingerprint density at radius 1 is 1.41 bits per heavy atom. The van der Waals surface area contributed by atoms with E-state index >= 15 is 0 Å². The first-order chi connectivity index (χ1) is 8.24. The topological polar surface area (TPSA) is 68.5 Å². The van der Waals surface area contributed by atoms with E-state index in [2.05, 4.69) is 4.98 Å². The lowest BCUT2D eigenvalue weighted by atomic mass is 10.2. The summed E-state index contributed by atoms with van der Waals surface area (Å²) in [5.74, 6) is 0.270. The number of carbonyl (C=O) groups excluding carboxylic acids is 1. The summed E-state index contributed by atoms with van der Waals surface area (Å²) in [6, 6.07) is 3.46. The molecule has 2 aliphatic rings. The van der Waals surface area contributed by atoms with Crippen molar-refractivity contribution in [2.24, 2.45) is 0 Å². The minimum atomic E-state index is -0.0317. The summed E-state index contributed by atoms with van der Waals surface area (Å²) in [4.78, 5) is 18.1. The van der Waals surface area contributed by atoms with E-state index in [1.54, 1.807) is 18.3 Å². The van der Waals surface area contributed by atoms with Crippen LogP contribution in [0.15, 0.2) is 18.3 Å². The average Bonchev–Trinajstić information content (AvgIpc) is 2.68. The maximum Gasteiger partial charge on any atom is 0.257 e. The molecule has 5 nitrogen and oxygen atoms in total. The Hall–Kier alpha value is -1.62. The molecule has 17 heavy (non-hydrogen) atoms. The average molecular weight is 233 g/mol. The molecule has 0 radical (unpaired) electrons. The number of hydrogen-bond acceptors (Lipinski definition) is 4. The predicted octanol–water partition coefficient (Wildman–Crippen LogP) is 0.667. The smallest absolute Gasteiger partial charge is 0.257 e. The second-order valence-corrected chi connectivity index (χ2v) is 4.60. The third-order valence-corrected chi connectivity index (χ3v) is 3.40. The molecule has 0 aliphatic carbocycles. The van der Waals surface area contributed by atoms with E-state index in [4.69, 9.17) is 10.5 Å². The van der Waals surface area contributed by atoms with Crippen molar-refractivity contribution in [2.45, 2.75) is 25.0 Å². The van der Waals surface area contributed by atoms with Crippen LogP contribution < -0.4 is 5.73 Å². The van der Waals surface area contributed by atoms with Crippen molar-refractivity contribution < 1.29 is 9.53 Å². The Balaban J connectivity index is 1.81. The molecule has 1 aromatic rings. The fraction of sp³-hybridized carbons (Fsp3) is 0.500. The van der Waals surface area contributed by atoms with Crippen LogP contribution >= 0.6 is 0 Å². The summed E-state index contributed by atoms with van der Waals surface area (Å²) >= 11 is 0. The van der Waals surface area contributed by atoms with Gasteiger partial charge in [0.15, 0.2) is 0 Å². The summed E-state index contributed by atoms with van der Waals surface area (Å²) < 4.78 is 5.70. The third-order valence-electron chi connectivity index (χ3n) is 3.40. The molecule has 2 aliphatic heterocycles. The highest BCUT2D eigenvalue weighted by molar-refractivity contribution is 5.98. The molecule has 0 spiro atoms. The molecular formula is C12H15N3O2. The van der Waals surface area contributed by atoms with Gasteiger partial charge in [0.2, 0.25) is 0 Å². The fourth-order valence-corrected chi connectivity index (χ4v) is 2.55. The van der Waals surface area contributed by atoms with Crippen LogP contribution in [0.3, 0.4) is 0 Å². The second-order valence-electron chi connectivity index (χ2n) is 4.60. The van der Waals surface area contributed by atoms with Gasteiger partial charge in [-0.2, -0.15) is 0 Å². The largest absolute Gasteiger partial charge is 0.383 e. The molecule has 3 heterocycles. The number of nitrogens with zero attached hydrogens (tertiary/aromatic N) is 2. The lowest BCUT2D eigenvalue weighted by Gasteiger charge is -2.32. The summed E-state index contributed by atoms with van der Waals surface area (Å²) in [5.41, 5.74) is 6.22. The summed E-state index contributed by atoms with van der Waals surface area (Å²) in [7, 11) is 0. The van der Waals surface area contributed by atoms with Gasteiger partial charge in [0, 0.05) is 19.3 Å². The Kier molecular flexibility index (Phi) is 2.48. The summed E-state index contributed by atoms with van der Waals surface area (Å²) in [6.07, 6.45) is 4.11. The Morgan fingerprint density at radius 2 is 2.12 bits per heavy atom. The first-order valence-electron chi connectivity index (χ1n) is 5.89. The highest BCUT2D eigenvalue weighted by Gasteiger charge is 2.36. The molecule has 1 aromatic heterocycles. The first-order valence-corrected chi connectivity index (χ1v) is 5.89. The summed E-state index contributed by atoms with van der Waals surface area (Å²) in [5, 5.41) is 0. The van der Waals surface area contributed by atoms with Crippen LogP contribution in [0.1, 0.15) is 23.2 Å². The number of nitrogen functional groups attached to an aromatic ring is 1. The van der Waals surface area contributed by atoms with E-state index < -0.39 is 0 Å². The minimum Gasteiger partial charge on any atom is -0.383 e. The van der Waals surface area contributed by atoms with Crippen LogP contribution in [0.5, 0.6) is 0 Å². The Bertz CT molecular complexity index is 437. The zero-order valence-electron chi connectivity index (χ0n) is 9.50. The number of rotatable bonds is 1. The molecule has 1 amide bonds. The van der Waals surface area contributed by atoms with Crippen LogP contribution in [0.2, 0.25) is 0 Å². The highest BCUT2D eigenvalue weighted by atomic mass is 16.5. The molecule has 2 atom stereocenters. The Morgan fingerprint density at radius 3 is 2.76 bits per heavy atom. The first kappa shape index (κ1) is 10.5. The number of carbonyl (C=O) groups is 1. The number of aromatic nitrogens is 1. The van der Waals surface area contributed by atoms with Crippen LogP contribution in [-0.4, -0.2) is 41.1 Å². The molecular weight excluding hydrogens is 218 g/mol. The molecule has 5 heteroatoms. The minimum absolute atomic E-state index is 0.0317. The molecule has 2 N–H and O–H groups in total. The van der Waals surface area contributed by atoms with Crippen molar-refractivity contribution in [1.29, 1.82) is 0 Å². The van der Waals surface area contributed by atoms with E-state index in [0.29, 0.717) is 24.5 Å². The van der Waals surface area contributed by atoms with Gasteiger partial charge >= 0.3 is 0 Å². The van der Waals surface area contributed by atoms with Crippen molar-refractivity contribution in [3.05, 3.63) is 23.9 Å². The third kappa shape index (κ3) is 1.86. The van der Waals surface area contributed by atoms with Crippen molar-refractivity contribution in [3.63, 3.8) is 0 Å².